The van der Waals surface area contributed by atoms with Gasteiger partial charge >= 0.3 is 0 Å². The van der Waals surface area contributed by atoms with E-state index in [4.69, 9.17) is 5.26 Å². The van der Waals surface area contributed by atoms with Crippen LogP contribution in [0.15, 0.2) is 29.8 Å². The number of thiazole rings is 1. The van der Waals surface area contributed by atoms with Crippen LogP contribution in [0.25, 0.3) is 22.0 Å². The molecule has 0 unspecified atom stereocenters. The average molecular weight is 478 g/mol. The highest BCUT2D eigenvalue weighted by Gasteiger charge is 2.46. The molecule has 2 aliphatic heterocycles. The predicted octanol–water partition coefficient (Wildman–Crippen LogP) is 3.83. The van der Waals surface area contributed by atoms with E-state index in [1.54, 1.807) is 23.7 Å². The van der Waals surface area contributed by atoms with E-state index in [0.29, 0.717) is 39.5 Å². The van der Waals surface area contributed by atoms with Crippen molar-refractivity contribution in [3.05, 3.63) is 35.5 Å². The van der Waals surface area contributed by atoms with Gasteiger partial charge in [0.2, 0.25) is 0 Å². The maximum Gasteiger partial charge on any atom is 0.185 e. The standard InChI is InChI=1S/C24H24FN7OS/c25-22-18-3-1-2-14(28-18)9-19(22)32(16-5-6-16)21-11-27-23(31-30-21)17-7-4-13(8-20(17)33)24-29-15(10-26)12-34-24/h4,7-8,11-12,14,16,18-19,22,28,33H,1-3,5-6,9H2/t14-,18+,19-,22+/m0/s1. The highest BCUT2D eigenvalue weighted by atomic mass is 32.1. The molecule has 3 aliphatic rings. The lowest BCUT2D eigenvalue weighted by atomic mass is 9.82. The Hall–Kier alpha value is -3.16. The zero-order valence-corrected chi connectivity index (χ0v) is 19.2. The van der Waals surface area contributed by atoms with Gasteiger partial charge in [-0.05, 0) is 44.2 Å². The summed E-state index contributed by atoms with van der Waals surface area (Å²) in [6.45, 7) is 0. The van der Waals surface area contributed by atoms with Gasteiger partial charge in [-0.15, -0.1) is 21.5 Å². The third kappa shape index (κ3) is 3.89. The van der Waals surface area contributed by atoms with E-state index < -0.39 is 6.17 Å². The van der Waals surface area contributed by atoms with Crippen LogP contribution in [0, 0.1) is 11.3 Å². The van der Waals surface area contributed by atoms with Crippen LogP contribution in [0.2, 0.25) is 0 Å². The van der Waals surface area contributed by atoms with E-state index in [-0.39, 0.29) is 23.9 Å². The monoisotopic (exact) mass is 477 g/mol. The van der Waals surface area contributed by atoms with Gasteiger partial charge in [0, 0.05) is 29.1 Å². The molecular formula is C24H24FN7OS. The Kier molecular flexibility index (Phi) is 5.38. The molecular weight excluding hydrogens is 453 g/mol. The summed E-state index contributed by atoms with van der Waals surface area (Å²) in [4.78, 5) is 10.8. The largest absolute Gasteiger partial charge is 0.507 e. The number of fused-ring (bicyclic) bond motifs is 2. The number of nitrogens with zero attached hydrogens (tertiary/aromatic N) is 6. The van der Waals surface area contributed by atoms with E-state index in [1.807, 2.05) is 12.1 Å². The molecule has 1 saturated carbocycles. The number of halogens is 1. The number of benzene rings is 1. The van der Waals surface area contributed by atoms with E-state index >= 15 is 4.39 Å². The molecule has 174 valence electrons. The molecule has 0 spiro atoms. The summed E-state index contributed by atoms with van der Waals surface area (Å²) < 4.78 is 15.4. The van der Waals surface area contributed by atoms with E-state index in [1.165, 1.54) is 11.3 Å². The number of anilines is 1. The van der Waals surface area contributed by atoms with Gasteiger partial charge in [-0.1, -0.05) is 12.5 Å². The SMILES string of the molecule is N#Cc1csc(-c2ccc(-c3ncc(N(C4CC4)[C@H]4C[C@@H]5CCC[C@@H](N5)[C@H]4F)nn3)c(O)c2)n1. The van der Waals surface area contributed by atoms with Crippen molar-refractivity contribution in [1.29, 1.82) is 5.26 Å². The molecule has 10 heteroatoms. The zero-order valence-electron chi connectivity index (χ0n) is 18.4. The maximum atomic E-state index is 15.4. The van der Waals surface area contributed by atoms with Gasteiger partial charge in [0.25, 0.3) is 0 Å². The van der Waals surface area contributed by atoms with Gasteiger partial charge in [0.15, 0.2) is 17.3 Å². The Bertz CT molecular complexity index is 1240. The normalized spacial score (nSPS) is 26.1. The van der Waals surface area contributed by atoms with Gasteiger partial charge in [0.05, 0.1) is 17.8 Å². The molecule has 1 aromatic carbocycles. The fraction of sp³-hybridized carbons (Fsp3) is 0.458. The summed E-state index contributed by atoms with van der Waals surface area (Å²) in [5.74, 6) is 0.913. The van der Waals surface area contributed by atoms with Crippen molar-refractivity contribution >= 4 is 17.2 Å². The van der Waals surface area contributed by atoms with Gasteiger partial charge < -0.3 is 15.3 Å². The Morgan fingerprint density at radius 2 is 2.09 bits per heavy atom. The Morgan fingerprint density at radius 1 is 1.21 bits per heavy atom. The van der Waals surface area contributed by atoms with E-state index in [9.17, 15) is 5.11 Å². The van der Waals surface area contributed by atoms with Crippen molar-refractivity contribution < 1.29 is 9.50 Å². The molecule has 4 atom stereocenters. The molecule has 6 rings (SSSR count). The summed E-state index contributed by atoms with van der Waals surface area (Å²) >= 11 is 1.34. The van der Waals surface area contributed by atoms with Crippen LogP contribution in [0.4, 0.5) is 10.2 Å². The second-order valence-electron chi connectivity index (χ2n) is 9.31. The molecule has 0 radical (unpaired) electrons. The summed E-state index contributed by atoms with van der Waals surface area (Å²) in [7, 11) is 0. The number of phenolic OH excluding ortho intramolecular Hbond substituents is 1. The number of phenols is 1. The number of nitrogens with one attached hydrogen (secondary N) is 1. The smallest absolute Gasteiger partial charge is 0.185 e. The highest BCUT2D eigenvalue weighted by molar-refractivity contribution is 7.13. The highest BCUT2D eigenvalue weighted by Crippen LogP contribution is 2.39. The number of alkyl halides is 1. The van der Waals surface area contributed by atoms with Crippen molar-refractivity contribution in [2.45, 2.75) is 68.9 Å². The van der Waals surface area contributed by atoms with Crippen LogP contribution in [0.1, 0.15) is 44.2 Å². The van der Waals surface area contributed by atoms with Crippen LogP contribution >= 0.6 is 11.3 Å². The van der Waals surface area contributed by atoms with Crippen LogP contribution in [0.3, 0.4) is 0 Å². The van der Waals surface area contributed by atoms with E-state index in [0.717, 1.165) is 38.5 Å². The molecule has 3 fully saturated rings. The number of hydrogen-bond donors (Lipinski definition) is 2. The van der Waals surface area contributed by atoms with Crippen LogP contribution in [0.5, 0.6) is 5.75 Å². The number of aromatic hydroxyl groups is 1. The van der Waals surface area contributed by atoms with E-state index in [2.05, 4.69) is 30.4 Å². The first-order valence-electron chi connectivity index (χ1n) is 11.7. The van der Waals surface area contributed by atoms with Crippen molar-refractivity contribution in [2.24, 2.45) is 0 Å². The Balaban J connectivity index is 1.25. The molecule has 0 amide bonds. The summed E-state index contributed by atoms with van der Waals surface area (Å²) in [6.07, 6.45) is 6.59. The van der Waals surface area contributed by atoms with Crippen LogP contribution in [-0.2, 0) is 0 Å². The first kappa shape index (κ1) is 21.4. The first-order chi connectivity index (χ1) is 16.6. The molecule has 2 bridgehead atoms. The second-order valence-corrected chi connectivity index (χ2v) is 10.2. The fourth-order valence-corrected chi connectivity index (χ4v) is 5.99. The molecule has 1 aliphatic carbocycles. The minimum Gasteiger partial charge on any atom is -0.507 e. The minimum atomic E-state index is -0.942. The lowest BCUT2D eigenvalue weighted by molar-refractivity contribution is 0.104. The maximum absolute atomic E-state index is 15.4. The molecule has 4 heterocycles. The van der Waals surface area contributed by atoms with Crippen molar-refractivity contribution in [2.75, 3.05) is 4.90 Å². The predicted molar refractivity (Wildman–Crippen MR) is 126 cm³/mol. The third-order valence-corrected chi connectivity index (χ3v) is 7.90. The number of hydrogen-bond acceptors (Lipinski definition) is 9. The van der Waals surface area contributed by atoms with Crippen molar-refractivity contribution in [1.82, 2.24) is 25.5 Å². The molecule has 34 heavy (non-hydrogen) atoms. The lowest BCUT2D eigenvalue weighted by Gasteiger charge is -2.47. The number of piperidine rings is 2. The molecule has 3 aromatic rings. The molecule has 2 saturated heterocycles. The van der Waals surface area contributed by atoms with Crippen molar-refractivity contribution in [3.8, 4) is 33.8 Å². The third-order valence-electron chi connectivity index (χ3n) is 7.01. The number of nitriles is 1. The first-order valence-corrected chi connectivity index (χ1v) is 12.6. The molecule has 2 aromatic heterocycles. The second kappa shape index (κ2) is 8.56. The quantitative estimate of drug-likeness (QED) is 0.570. The summed E-state index contributed by atoms with van der Waals surface area (Å²) in [6, 6.07) is 7.47. The van der Waals surface area contributed by atoms with Gasteiger partial charge in [-0.25, -0.2) is 14.4 Å². The van der Waals surface area contributed by atoms with Gasteiger partial charge in [-0.2, -0.15) is 5.26 Å². The zero-order chi connectivity index (χ0) is 23.2. The van der Waals surface area contributed by atoms with Gasteiger partial charge in [0.1, 0.15) is 23.0 Å². The minimum absolute atomic E-state index is 0.00908. The molecule has 2 N–H and O–H groups in total. The fourth-order valence-electron chi connectivity index (χ4n) is 5.25. The van der Waals surface area contributed by atoms with Crippen molar-refractivity contribution in [3.63, 3.8) is 0 Å². The Morgan fingerprint density at radius 3 is 2.79 bits per heavy atom. The topological polar surface area (TPSA) is 111 Å². The van der Waals surface area contributed by atoms with Gasteiger partial charge in [-0.3, -0.25) is 0 Å². The lowest BCUT2D eigenvalue weighted by Crippen LogP contribution is -2.62. The number of rotatable bonds is 5. The van der Waals surface area contributed by atoms with Crippen LogP contribution < -0.4 is 10.2 Å². The average Bonchev–Trinajstić information content (AvgIpc) is 3.57. The summed E-state index contributed by atoms with van der Waals surface area (Å²) in [5.41, 5.74) is 1.51. The number of aromatic nitrogens is 4. The molecule has 8 nitrogen and oxygen atoms in total. The summed E-state index contributed by atoms with van der Waals surface area (Å²) in [5, 5.41) is 34.1. The Labute approximate surface area is 200 Å². The van der Waals surface area contributed by atoms with Crippen LogP contribution in [-0.4, -0.2) is 55.6 Å².